The minimum absolute atomic E-state index is 0.130. The Hall–Kier alpha value is -3.58. The van der Waals surface area contributed by atoms with Gasteiger partial charge in [-0.3, -0.25) is 10.1 Å². The van der Waals surface area contributed by atoms with Crippen LogP contribution in [-0.4, -0.2) is 16.0 Å². The number of rotatable bonds is 4. The van der Waals surface area contributed by atoms with Crippen LogP contribution in [0, 0.1) is 5.82 Å². The van der Waals surface area contributed by atoms with Crippen LogP contribution in [0.3, 0.4) is 0 Å². The minimum atomic E-state index is -0.423. The lowest BCUT2D eigenvalue weighted by Gasteiger charge is -2.10. The zero-order valence-electron chi connectivity index (χ0n) is 17.0. The number of thiocarbonyl (C=S) groups is 1. The maximum Gasteiger partial charge on any atom is 0.257 e. The van der Waals surface area contributed by atoms with Crippen LogP contribution in [0.1, 0.15) is 35.7 Å². The number of nitrogens with zero attached hydrogens (tertiary/aromatic N) is 1. The smallest absolute Gasteiger partial charge is 0.257 e. The van der Waals surface area contributed by atoms with E-state index in [0.717, 1.165) is 16.7 Å². The van der Waals surface area contributed by atoms with Crippen LogP contribution in [0.4, 0.5) is 10.1 Å². The minimum Gasteiger partial charge on any atom is -0.436 e. The Morgan fingerprint density at radius 2 is 1.84 bits per heavy atom. The largest absolute Gasteiger partial charge is 0.436 e. The Labute approximate surface area is 184 Å². The van der Waals surface area contributed by atoms with E-state index in [1.165, 1.54) is 29.8 Å². The highest BCUT2D eigenvalue weighted by atomic mass is 32.1. The van der Waals surface area contributed by atoms with Gasteiger partial charge in [0.05, 0.1) is 0 Å². The summed E-state index contributed by atoms with van der Waals surface area (Å²) in [5, 5.41) is 5.69. The maximum atomic E-state index is 13.0. The maximum absolute atomic E-state index is 13.0. The van der Waals surface area contributed by atoms with Gasteiger partial charge in [-0.2, -0.15) is 0 Å². The lowest BCUT2D eigenvalue weighted by atomic mass is 10.0. The first-order chi connectivity index (χ1) is 14.9. The molecule has 1 aromatic heterocycles. The van der Waals surface area contributed by atoms with Crippen LogP contribution in [0.15, 0.2) is 71.1 Å². The quantitative estimate of drug-likeness (QED) is 0.393. The Bertz CT molecular complexity index is 1270. The molecule has 0 bridgehead atoms. The second-order valence-corrected chi connectivity index (χ2v) is 7.81. The zero-order valence-corrected chi connectivity index (χ0v) is 17.8. The molecule has 0 saturated heterocycles. The number of benzene rings is 3. The number of aromatic nitrogens is 1. The van der Waals surface area contributed by atoms with Crippen molar-refractivity contribution in [1.82, 2.24) is 10.3 Å². The molecule has 0 fully saturated rings. The fourth-order valence-corrected chi connectivity index (χ4v) is 3.31. The predicted molar refractivity (Wildman–Crippen MR) is 124 cm³/mol. The SMILES string of the molecule is CC(C)c1ccc2oc(-c3cccc(NC(=S)NC(=O)c4ccc(F)cc4)c3)nc2c1. The second kappa shape index (κ2) is 8.65. The molecule has 5 nitrogen and oxygen atoms in total. The van der Waals surface area contributed by atoms with Crippen molar-refractivity contribution in [2.75, 3.05) is 5.32 Å². The van der Waals surface area contributed by atoms with E-state index in [1.54, 1.807) is 0 Å². The molecule has 0 aliphatic rings. The molecule has 31 heavy (non-hydrogen) atoms. The molecule has 0 spiro atoms. The molecule has 0 aliphatic carbocycles. The van der Waals surface area contributed by atoms with E-state index >= 15 is 0 Å². The molecule has 0 unspecified atom stereocenters. The summed E-state index contributed by atoms with van der Waals surface area (Å²) >= 11 is 5.23. The number of hydrogen-bond donors (Lipinski definition) is 2. The molecule has 2 N–H and O–H groups in total. The highest BCUT2D eigenvalue weighted by molar-refractivity contribution is 7.80. The van der Waals surface area contributed by atoms with Crippen molar-refractivity contribution in [3.8, 4) is 11.5 Å². The van der Waals surface area contributed by atoms with Gasteiger partial charge in [-0.15, -0.1) is 0 Å². The van der Waals surface area contributed by atoms with Crippen molar-refractivity contribution in [2.45, 2.75) is 19.8 Å². The molecule has 0 aliphatic heterocycles. The summed E-state index contributed by atoms with van der Waals surface area (Å²) in [4.78, 5) is 16.8. The van der Waals surface area contributed by atoms with Crippen LogP contribution in [0.25, 0.3) is 22.6 Å². The molecule has 156 valence electrons. The lowest BCUT2D eigenvalue weighted by molar-refractivity contribution is 0.0977. The Kier molecular flexibility index (Phi) is 5.77. The Morgan fingerprint density at radius 3 is 2.58 bits per heavy atom. The average molecular weight is 434 g/mol. The fourth-order valence-electron chi connectivity index (χ4n) is 3.10. The number of fused-ring (bicyclic) bond motifs is 1. The first-order valence-corrected chi connectivity index (χ1v) is 10.2. The lowest BCUT2D eigenvalue weighted by Crippen LogP contribution is -2.34. The van der Waals surface area contributed by atoms with E-state index in [-0.39, 0.29) is 5.11 Å². The highest BCUT2D eigenvalue weighted by Crippen LogP contribution is 2.28. The molecule has 1 heterocycles. The van der Waals surface area contributed by atoms with Crippen LogP contribution >= 0.6 is 12.2 Å². The van der Waals surface area contributed by atoms with Crippen LogP contribution in [0.5, 0.6) is 0 Å². The van der Waals surface area contributed by atoms with Gasteiger partial charge in [0, 0.05) is 16.8 Å². The number of oxazole rings is 1. The van der Waals surface area contributed by atoms with Gasteiger partial charge in [0.25, 0.3) is 5.91 Å². The van der Waals surface area contributed by atoms with E-state index in [4.69, 9.17) is 16.6 Å². The summed E-state index contributed by atoms with van der Waals surface area (Å²) in [7, 11) is 0. The van der Waals surface area contributed by atoms with E-state index in [9.17, 15) is 9.18 Å². The molecular formula is C24H20FN3O2S. The second-order valence-electron chi connectivity index (χ2n) is 7.40. The van der Waals surface area contributed by atoms with Crippen molar-refractivity contribution in [3.05, 3.63) is 83.7 Å². The van der Waals surface area contributed by atoms with E-state index < -0.39 is 11.7 Å². The van der Waals surface area contributed by atoms with Crippen molar-refractivity contribution in [2.24, 2.45) is 0 Å². The van der Waals surface area contributed by atoms with E-state index in [0.29, 0.717) is 23.1 Å². The van der Waals surface area contributed by atoms with E-state index in [1.807, 2.05) is 42.5 Å². The number of nitrogens with one attached hydrogen (secondary N) is 2. The van der Waals surface area contributed by atoms with Crippen LogP contribution in [-0.2, 0) is 0 Å². The molecule has 3 aromatic carbocycles. The molecule has 0 radical (unpaired) electrons. The summed E-state index contributed by atoms with van der Waals surface area (Å²) in [6.07, 6.45) is 0. The molecular weight excluding hydrogens is 413 g/mol. The first-order valence-electron chi connectivity index (χ1n) is 9.78. The molecule has 0 atom stereocenters. The van der Waals surface area contributed by atoms with Crippen molar-refractivity contribution in [3.63, 3.8) is 0 Å². The van der Waals surface area contributed by atoms with Gasteiger partial charge in [0.1, 0.15) is 11.3 Å². The number of halogens is 1. The molecule has 1 amide bonds. The fraction of sp³-hybridized carbons (Fsp3) is 0.125. The highest BCUT2D eigenvalue weighted by Gasteiger charge is 2.12. The third kappa shape index (κ3) is 4.78. The molecule has 4 aromatic rings. The van der Waals surface area contributed by atoms with Crippen molar-refractivity contribution in [1.29, 1.82) is 0 Å². The summed E-state index contributed by atoms with van der Waals surface area (Å²) < 4.78 is 18.9. The normalized spacial score (nSPS) is 11.0. The van der Waals surface area contributed by atoms with Gasteiger partial charge in [-0.1, -0.05) is 26.0 Å². The summed E-state index contributed by atoms with van der Waals surface area (Å²) in [6.45, 7) is 4.27. The van der Waals surface area contributed by atoms with E-state index in [2.05, 4.69) is 29.5 Å². The van der Waals surface area contributed by atoms with Crippen molar-refractivity contribution < 1.29 is 13.6 Å². The standard InChI is InChI=1S/C24H20FN3O2S/c1-14(2)16-8-11-21-20(13-16)27-23(30-21)17-4-3-5-19(12-17)26-24(31)28-22(29)15-6-9-18(25)10-7-15/h3-14H,1-2H3,(H2,26,28,29,31). The summed E-state index contributed by atoms with van der Waals surface area (Å²) in [5.74, 6) is 0.0753. The molecule has 4 rings (SSSR count). The van der Waals surface area contributed by atoms with Gasteiger partial charge in [-0.05, 0) is 78.3 Å². The van der Waals surface area contributed by atoms with Gasteiger partial charge in [0.15, 0.2) is 10.7 Å². The topological polar surface area (TPSA) is 67.2 Å². The number of carbonyl (C=O) groups is 1. The van der Waals surface area contributed by atoms with Crippen LogP contribution in [0.2, 0.25) is 0 Å². The van der Waals surface area contributed by atoms with Crippen LogP contribution < -0.4 is 10.6 Å². The van der Waals surface area contributed by atoms with Gasteiger partial charge in [-0.25, -0.2) is 9.37 Å². The summed E-state index contributed by atoms with van der Waals surface area (Å²) in [5.41, 5.74) is 4.49. The third-order valence-corrected chi connectivity index (χ3v) is 4.98. The zero-order chi connectivity index (χ0) is 22.0. The number of carbonyl (C=O) groups excluding carboxylic acids is 1. The predicted octanol–water partition coefficient (Wildman–Crippen LogP) is 5.88. The first kappa shape index (κ1) is 20.7. The monoisotopic (exact) mass is 433 g/mol. The number of amides is 1. The number of hydrogen-bond acceptors (Lipinski definition) is 4. The number of anilines is 1. The molecule has 7 heteroatoms. The summed E-state index contributed by atoms with van der Waals surface area (Å²) in [6, 6.07) is 18.6. The van der Waals surface area contributed by atoms with Gasteiger partial charge >= 0.3 is 0 Å². The average Bonchev–Trinajstić information content (AvgIpc) is 3.17. The Balaban J connectivity index is 1.49. The van der Waals surface area contributed by atoms with Crippen molar-refractivity contribution >= 4 is 40.0 Å². The third-order valence-electron chi connectivity index (χ3n) is 4.78. The Morgan fingerprint density at radius 1 is 1.06 bits per heavy atom. The molecule has 0 saturated carbocycles. The van der Waals surface area contributed by atoms with Gasteiger partial charge < -0.3 is 9.73 Å². The van der Waals surface area contributed by atoms with Gasteiger partial charge in [0.2, 0.25) is 5.89 Å².